The lowest BCUT2D eigenvalue weighted by atomic mass is 10.0. The van der Waals surface area contributed by atoms with Crippen molar-refractivity contribution in [3.63, 3.8) is 0 Å². The molecule has 3 heteroatoms. The third-order valence-corrected chi connectivity index (χ3v) is 3.20. The van der Waals surface area contributed by atoms with Crippen molar-refractivity contribution < 1.29 is 4.79 Å². The van der Waals surface area contributed by atoms with Crippen molar-refractivity contribution in [1.82, 2.24) is 5.32 Å². The summed E-state index contributed by atoms with van der Waals surface area (Å²) >= 11 is 0. The second-order valence-electron chi connectivity index (χ2n) is 6.33. The maximum Gasteiger partial charge on any atom is 0.224 e. The first kappa shape index (κ1) is 13.1. The minimum Gasteiger partial charge on any atom is -0.351 e. The molecule has 0 heterocycles. The van der Waals surface area contributed by atoms with Gasteiger partial charge in [0.15, 0.2) is 0 Å². The van der Waals surface area contributed by atoms with Gasteiger partial charge >= 0.3 is 0 Å². The van der Waals surface area contributed by atoms with Crippen LogP contribution in [-0.2, 0) is 16.8 Å². The van der Waals surface area contributed by atoms with Gasteiger partial charge in [-0.1, -0.05) is 24.3 Å². The Kier molecular flexibility index (Phi) is 3.20. The van der Waals surface area contributed by atoms with Gasteiger partial charge in [-0.3, -0.25) is 4.79 Å². The molecule has 0 bridgehead atoms. The Morgan fingerprint density at radius 2 is 1.83 bits per heavy atom. The van der Waals surface area contributed by atoms with E-state index in [1.807, 2.05) is 45.0 Å². The summed E-state index contributed by atoms with van der Waals surface area (Å²) in [5.41, 5.74) is 8.07. The lowest BCUT2D eigenvalue weighted by Crippen LogP contribution is -2.41. The summed E-state index contributed by atoms with van der Waals surface area (Å²) < 4.78 is 0. The van der Waals surface area contributed by atoms with Gasteiger partial charge in [-0.05, 0) is 44.7 Å². The fourth-order valence-corrected chi connectivity index (χ4v) is 2.03. The molecule has 0 radical (unpaired) electrons. The second kappa shape index (κ2) is 4.39. The van der Waals surface area contributed by atoms with Crippen LogP contribution in [0.15, 0.2) is 24.3 Å². The molecule has 0 saturated heterocycles. The third kappa shape index (κ3) is 3.33. The molecule has 3 N–H and O–H groups in total. The van der Waals surface area contributed by atoms with Crippen molar-refractivity contribution in [3.05, 3.63) is 35.4 Å². The predicted molar refractivity (Wildman–Crippen MR) is 73.1 cm³/mol. The molecule has 1 saturated carbocycles. The highest BCUT2D eigenvalue weighted by molar-refractivity contribution is 5.79. The number of hydrogen-bond acceptors (Lipinski definition) is 2. The third-order valence-electron chi connectivity index (χ3n) is 3.20. The lowest BCUT2D eigenvalue weighted by molar-refractivity contribution is -0.121. The highest BCUT2D eigenvalue weighted by Gasteiger charge is 2.39. The van der Waals surface area contributed by atoms with E-state index in [0.29, 0.717) is 6.42 Å². The monoisotopic (exact) mass is 246 g/mol. The topological polar surface area (TPSA) is 55.1 Å². The first-order valence-electron chi connectivity index (χ1n) is 6.48. The molecule has 98 valence electrons. The van der Waals surface area contributed by atoms with Crippen LogP contribution in [0.2, 0.25) is 0 Å². The van der Waals surface area contributed by atoms with Gasteiger partial charge in [-0.15, -0.1) is 0 Å². The van der Waals surface area contributed by atoms with Crippen molar-refractivity contribution in [2.24, 2.45) is 5.73 Å². The Hall–Kier alpha value is -1.35. The molecular formula is C15H22N2O. The fourth-order valence-electron chi connectivity index (χ4n) is 2.03. The largest absolute Gasteiger partial charge is 0.351 e. The maximum absolute atomic E-state index is 11.8. The predicted octanol–water partition coefficient (Wildman–Crippen LogP) is 2.09. The summed E-state index contributed by atoms with van der Waals surface area (Å²) in [6, 6.07) is 8.11. The van der Waals surface area contributed by atoms with Gasteiger partial charge in [0, 0.05) is 11.1 Å². The Labute approximate surface area is 109 Å². The summed E-state index contributed by atoms with van der Waals surface area (Å²) in [5.74, 6) is 0.0594. The summed E-state index contributed by atoms with van der Waals surface area (Å²) in [6.45, 7) is 5.96. The first-order chi connectivity index (χ1) is 8.28. The van der Waals surface area contributed by atoms with Crippen LogP contribution in [0.5, 0.6) is 0 Å². The Morgan fingerprint density at radius 1 is 1.28 bits per heavy atom. The molecule has 1 aliphatic carbocycles. The highest BCUT2D eigenvalue weighted by atomic mass is 16.1. The standard InChI is InChI=1S/C15H22N2O/c1-14(2,3)17-13(18)10-11-4-6-12(7-5-11)15(16)8-9-15/h4-7H,8-10,16H2,1-3H3,(H,17,18). The van der Waals surface area contributed by atoms with Gasteiger partial charge in [0.25, 0.3) is 0 Å². The molecule has 0 atom stereocenters. The van der Waals surface area contributed by atoms with Crippen LogP contribution in [0.3, 0.4) is 0 Å². The van der Waals surface area contributed by atoms with Crippen LogP contribution < -0.4 is 11.1 Å². The first-order valence-corrected chi connectivity index (χ1v) is 6.48. The number of carbonyl (C=O) groups is 1. The summed E-state index contributed by atoms with van der Waals surface area (Å²) in [6.07, 6.45) is 2.56. The zero-order chi connectivity index (χ0) is 13.4. The molecule has 2 rings (SSSR count). The molecule has 0 aromatic heterocycles. The zero-order valence-electron chi connectivity index (χ0n) is 11.4. The van der Waals surface area contributed by atoms with Crippen molar-refractivity contribution >= 4 is 5.91 Å². The van der Waals surface area contributed by atoms with Crippen LogP contribution in [0.1, 0.15) is 44.7 Å². The van der Waals surface area contributed by atoms with E-state index in [4.69, 9.17) is 5.73 Å². The van der Waals surface area contributed by atoms with Crippen LogP contribution in [0, 0.1) is 0 Å². The Balaban J connectivity index is 1.96. The van der Waals surface area contributed by atoms with Crippen molar-refractivity contribution in [3.8, 4) is 0 Å². The molecule has 1 aliphatic rings. The molecule has 1 aromatic carbocycles. The Morgan fingerprint density at radius 3 is 2.28 bits per heavy atom. The van der Waals surface area contributed by atoms with Gasteiger partial charge in [-0.25, -0.2) is 0 Å². The van der Waals surface area contributed by atoms with Crippen LogP contribution in [0.4, 0.5) is 0 Å². The van der Waals surface area contributed by atoms with E-state index in [9.17, 15) is 4.79 Å². The van der Waals surface area contributed by atoms with Crippen LogP contribution >= 0.6 is 0 Å². The zero-order valence-corrected chi connectivity index (χ0v) is 11.4. The molecular weight excluding hydrogens is 224 g/mol. The molecule has 1 aromatic rings. The molecule has 1 amide bonds. The summed E-state index contributed by atoms with van der Waals surface area (Å²) in [7, 11) is 0. The molecule has 0 aliphatic heterocycles. The summed E-state index contributed by atoms with van der Waals surface area (Å²) in [5, 5.41) is 2.96. The van der Waals surface area contributed by atoms with Gasteiger partial charge in [0.05, 0.1) is 6.42 Å². The van der Waals surface area contributed by atoms with E-state index >= 15 is 0 Å². The van der Waals surface area contributed by atoms with Gasteiger partial charge < -0.3 is 11.1 Å². The SMILES string of the molecule is CC(C)(C)NC(=O)Cc1ccc(C2(N)CC2)cc1. The van der Waals surface area contributed by atoms with Crippen molar-refractivity contribution in [2.75, 3.05) is 0 Å². The van der Waals surface area contributed by atoms with Crippen molar-refractivity contribution in [1.29, 1.82) is 0 Å². The minimum absolute atomic E-state index is 0.0594. The van der Waals surface area contributed by atoms with Gasteiger partial charge in [0.2, 0.25) is 5.91 Å². The van der Waals surface area contributed by atoms with Gasteiger partial charge in [0.1, 0.15) is 0 Å². The average molecular weight is 246 g/mol. The summed E-state index contributed by atoms with van der Waals surface area (Å²) in [4.78, 5) is 11.8. The van der Waals surface area contributed by atoms with Gasteiger partial charge in [-0.2, -0.15) is 0 Å². The fraction of sp³-hybridized carbons (Fsp3) is 0.533. The number of amides is 1. The van der Waals surface area contributed by atoms with Crippen molar-refractivity contribution in [2.45, 2.75) is 51.1 Å². The average Bonchev–Trinajstić information content (AvgIpc) is 2.95. The van der Waals surface area contributed by atoms with E-state index in [2.05, 4.69) is 5.32 Å². The number of rotatable bonds is 3. The molecule has 1 fully saturated rings. The smallest absolute Gasteiger partial charge is 0.224 e. The van der Waals surface area contributed by atoms with E-state index in [-0.39, 0.29) is 17.0 Å². The number of nitrogens with two attached hydrogens (primary N) is 1. The highest BCUT2D eigenvalue weighted by Crippen LogP contribution is 2.42. The van der Waals surface area contributed by atoms with Crippen LogP contribution in [0.25, 0.3) is 0 Å². The number of nitrogens with one attached hydrogen (secondary N) is 1. The Bertz CT molecular complexity index is 439. The second-order valence-corrected chi connectivity index (χ2v) is 6.33. The van der Waals surface area contributed by atoms with E-state index < -0.39 is 0 Å². The van der Waals surface area contributed by atoms with E-state index in [0.717, 1.165) is 18.4 Å². The molecule has 0 spiro atoms. The normalized spacial score (nSPS) is 17.3. The molecule has 0 unspecified atom stereocenters. The van der Waals surface area contributed by atoms with E-state index in [1.54, 1.807) is 0 Å². The lowest BCUT2D eigenvalue weighted by Gasteiger charge is -2.20. The van der Waals surface area contributed by atoms with E-state index in [1.165, 1.54) is 5.56 Å². The number of carbonyl (C=O) groups excluding carboxylic acids is 1. The minimum atomic E-state index is -0.174. The molecule has 3 nitrogen and oxygen atoms in total. The number of hydrogen-bond donors (Lipinski definition) is 2. The quantitative estimate of drug-likeness (QED) is 0.858. The van der Waals surface area contributed by atoms with Crippen LogP contribution in [-0.4, -0.2) is 11.4 Å². The number of benzene rings is 1. The molecule has 18 heavy (non-hydrogen) atoms. The maximum atomic E-state index is 11.8.